The first-order valence-corrected chi connectivity index (χ1v) is 6.84. The van der Waals surface area contributed by atoms with Crippen LogP contribution in [0.4, 0.5) is 17.5 Å². The SMILES string of the molecule is CN1CN([C@@H]2O[C@H](C(O)=S)[C@@H](O)[C@H]2O)c2nc(N)[nH]c(=O)c21. The van der Waals surface area contributed by atoms with Crippen molar-refractivity contribution in [3.63, 3.8) is 0 Å². The molecule has 1 aromatic heterocycles. The van der Waals surface area contributed by atoms with Crippen LogP contribution in [0.1, 0.15) is 0 Å². The molecule has 6 N–H and O–H groups in total. The van der Waals surface area contributed by atoms with E-state index in [2.05, 4.69) is 22.2 Å². The number of fused-ring (bicyclic) bond motifs is 1. The first-order chi connectivity index (χ1) is 10.3. The summed E-state index contributed by atoms with van der Waals surface area (Å²) in [6.07, 6.45) is -4.93. The summed E-state index contributed by atoms with van der Waals surface area (Å²) in [4.78, 5) is 21.5. The van der Waals surface area contributed by atoms with Gasteiger partial charge in [0.15, 0.2) is 23.2 Å². The third-order valence-electron chi connectivity index (χ3n) is 3.70. The standard InChI is InChI=1S/C11H15N5O5S/c1-15-2-16(7-3(15)8(19)14-11(12)13-7)9-5(18)4(17)6(21-9)10(20)22/h4-6,9,17-18H,2H2,1H3,(H,20,22)(H3,12,13,14,19)/t4-,5+,6-,9+/m0/s1. The van der Waals surface area contributed by atoms with Gasteiger partial charge in [-0.2, -0.15) is 4.98 Å². The zero-order valence-corrected chi connectivity index (χ0v) is 12.3. The lowest BCUT2D eigenvalue weighted by Crippen LogP contribution is -2.45. The third-order valence-corrected chi connectivity index (χ3v) is 3.93. The molecule has 0 aromatic carbocycles. The van der Waals surface area contributed by atoms with Gasteiger partial charge in [0, 0.05) is 7.05 Å². The number of nitrogen functional groups attached to an aromatic ring is 1. The van der Waals surface area contributed by atoms with E-state index in [-0.39, 0.29) is 24.1 Å². The summed E-state index contributed by atoms with van der Waals surface area (Å²) < 4.78 is 5.43. The van der Waals surface area contributed by atoms with Crippen LogP contribution in [-0.2, 0) is 4.74 Å². The van der Waals surface area contributed by atoms with E-state index >= 15 is 0 Å². The Kier molecular flexibility index (Phi) is 3.44. The third kappa shape index (κ3) is 2.09. The van der Waals surface area contributed by atoms with Gasteiger partial charge in [-0.05, 0) is 12.2 Å². The Morgan fingerprint density at radius 2 is 2.18 bits per heavy atom. The number of ether oxygens (including phenoxy) is 1. The molecule has 0 saturated carbocycles. The molecule has 2 aliphatic rings. The molecule has 0 aliphatic carbocycles. The highest BCUT2D eigenvalue weighted by Crippen LogP contribution is 2.36. The van der Waals surface area contributed by atoms with Crippen LogP contribution in [0, 0.1) is 0 Å². The van der Waals surface area contributed by atoms with Gasteiger partial charge >= 0.3 is 0 Å². The Hall–Kier alpha value is -1.95. The number of H-pyrrole nitrogens is 1. The van der Waals surface area contributed by atoms with Gasteiger partial charge in [0.25, 0.3) is 5.56 Å². The summed E-state index contributed by atoms with van der Waals surface area (Å²) >= 11 is 4.60. The van der Waals surface area contributed by atoms with Gasteiger partial charge in [-0.15, -0.1) is 0 Å². The number of thiocarbonyl (C=S) groups is 1. The molecule has 3 heterocycles. The van der Waals surface area contributed by atoms with Crippen molar-refractivity contribution < 1.29 is 20.1 Å². The van der Waals surface area contributed by atoms with Crippen molar-refractivity contribution in [1.82, 2.24) is 9.97 Å². The number of nitrogens with two attached hydrogens (primary N) is 1. The molecule has 0 amide bonds. The van der Waals surface area contributed by atoms with Crippen molar-refractivity contribution in [2.45, 2.75) is 24.5 Å². The summed E-state index contributed by atoms with van der Waals surface area (Å²) in [6, 6.07) is 0. The molecular weight excluding hydrogens is 314 g/mol. The van der Waals surface area contributed by atoms with E-state index in [1.807, 2.05) is 0 Å². The topological polar surface area (TPSA) is 148 Å². The fourth-order valence-electron chi connectivity index (χ4n) is 2.70. The van der Waals surface area contributed by atoms with Crippen molar-refractivity contribution in [2.24, 2.45) is 0 Å². The molecule has 22 heavy (non-hydrogen) atoms. The first-order valence-electron chi connectivity index (χ1n) is 6.43. The van der Waals surface area contributed by atoms with E-state index in [0.717, 1.165) is 0 Å². The molecule has 0 radical (unpaired) electrons. The number of anilines is 3. The number of hydrogen-bond donors (Lipinski definition) is 5. The van der Waals surface area contributed by atoms with E-state index in [1.165, 1.54) is 4.90 Å². The van der Waals surface area contributed by atoms with Gasteiger partial charge in [0.1, 0.15) is 17.9 Å². The molecule has 120 valence electrons. The molecule has 4 atom stereocenters. The van der Waals surface area contributed by atoms with Gasteiger partial charge in [-0.1, -0.05) is 0 Å². The molecule has 0 spiro atoms. The number of aliphatic hydroxyl groups excluding tert-OH is 3. The number of aromatic amines is 1. The van der Waals surface area contributed by atoms with Crippen LogP contribution in [0.25, 0.3) is 0 Å². The molecular formula is C11H15N5O5S. The highest BCUT2D eigenvalue weighted by molar-refractivity contribution is 7.80. The summed E-state index contributed by atoms with van der Waals surface area (Å²) in [7, 11) is 1.66. The summed E-state index contributed by atoms with van der Waals surface area (Å²) in [5, 5.41) is 28.8. The number of rotatable bonds is 2. The molecule has 0 bridgehead atoms. The van der Waals surface area contributed by atoms with Gasteiger partial charge in [0.05, 0.1) is 6.67 Å². The molecule has 3 rings (SSSR count). The van der Waals surface area contributed by atoms with Crippen LogP contribution in [0.2, 0.25) is 0 Å². The first kappa shape index (κ1) is 15.0. The van der Waals surface area contributed by atoms with Crippen molar-refractivity contribution >= 4 is 34.7 Å². The van der Waals surface area contributed by atoms with Crippen molar-refractivity contribution in [3.8, 4) is 0 Å². The molecule has 2 aliphatic heterocycles. The predicted octanol–water partition coefficient (Wildman–Crippen LogP) is -2.10. The largest absolute Gasteiger partial charge is 0.500 e. The maximum Gasteiger partial charge on any atom is 0.278 e. The molecule has 1 aromatic rings. The lowest BCUT2D eigenvalue weighted by atomic mass is 10.1. The minimum atomic E-state index is -1.38. The van der Waals surface area contributed by atoms with E-state index in [9.17, 15) is 20.1 Å². The number of aliphatic hydroxyl groups is 3. The zero-order valence-electron chi connectivity index (χ0n) is 11.5. The van der Waals surface area contributed by atoms with Crippen molar-refractivity contribution in [1.29, 1.82) is 0 Å². The number of nitrogens with zero attached hydrogens (tertiary/aromatic N) is 3. The average molecular weight is 329 g/mol. The van der Waals surface area contributed by atoms with Gasteiger partial charge in [-0.25, -0.2) is 0 Å². The second-order valence-corrected chi connectivity index (χ2v) is 5.62. The lowest BCUT2D eigenvalue weighted by molar-refractivity contribution is 0.0207. The quantitative estimate of drug-likeness (QED) is 0.382. The highest BCUT2D eigenvalue weighted by atomic mass is 32.1. The van der Waals surface area contributed by atoms with Gasteiger partial charge in [-0.3, -0.25) is 9.78 Å². The Bertz CT molecular complexity index is 681. The molecule has 10 nitrogen and oxygen atoms in total. The van der Waals surface area contributed by atoms with Gasteiger partial charge in [0.2, 0.25) is 5.95 Å². The van der Waals surface area contributed by atoms with Crippen molar-refractivity contribution in [3.05, 3.63) is 10.4 Å². The molecule has 1 fully saturated rings. The monoisotopic (exact) mass is 329 g/mol. The van der Waals surface area contributed by atoms with Crippen LogP contribution < -0.4 is 21.1 Å². The summed E-state index contributed by atoms with van der Waals surface area (Å²) in [6.45, 7) is 0.189. The lowest BCUT2D eigenvalue weighted by Gasteiger charge is -2.27. The summed E-state index contributed by atoms with van der Waals surface area (Å²) in [5.74, 6) is 0.149. The van der Waals surface area contributed by atoms with E-state index in [4.69, 9.17) is 10.5 Å². The minimum absolute atomic E-state index is 0.0775. The second-order valence-electron chi connectivity index (χ2n) is 5.20. The van der Waals surface area contributed by atoms with Crippen LogP contribution in [0.3, 0.4) is 0 Å². The average Bonchev–Trinajstić information content (AvgIpc) is 2.89. The fraction of sp³-hybridized carbons (Fsp3) is 0.545. The highest BCUT2D eigenvalue weighted by Gasteiger charge is 2.50. The van der Waals surface area contributed by atoms with Crippen LogP contribution in [-0.4, -0.2) is 68.6 Å². The molecule has 1 saturated heterocycles. The Morgan fingerprint density at radius 3 is 2.77 bits per heavy atom. The van der Waals surface area contributed by atoms with Crippen LogP contribution in [0.15, 0.2) is 4.79 Å². The van der Waals surface area contributed by atoms with Crippen LogP contribution in [0.5, 0.6) is 0 Å². The maximum absolute atomic E-state index is 12.0. The minimum Gasteiger partial charge on any atom is -0.500 e. The Labute approximate surface area is 129 Å². The molecule has 0 unspecified atom stereocenters. The number of nitrogens with one attached hydrogen (secondary N) is 1. The Morgan fingerprint density at radius 1 is 1.50 bits per heavy atom. The van der Waals surface area contributed by atoms with E-state index in [0.29, 0.717) is 0 Å². The summed E-state index contributed by atoms with van der Waals surface area (Å²) in [5.41, 5.74) is 5.40. The zero-order chi connectivity index (χ0) is 16.2. The predicted molar refractivity (Wildman–Crippen MR) is 80.9 cm³/mol. The number of aromatic nitrogens is 2. The maximum atomic E-state index is 12.0. The second kappa shape index (κ2) is 5.05. The van der Waals surface area contributed by atoms with E-state index < -0.39 is 35.1 Å². The van der Waals surface area contributed by atoms with Crippen LogP contribution >= 0.6 is 12.2 Å². The fourth-order valence-corrected chi connectivity index (χ4v) is 2.90. The van der Waals surface area contributed by atoms with Crippen molar-refractivity contribution in [2.75, 3.05) is 29.2 Å². The number of hydrogen-bond acceptors (Lipinski definition) is 9. The van der Waals surface area contributed by atoms with Gasteiger partial charge < -0.3 is 35.6 Å². The smallest absolute Gasteiger partial charge is 0.278 e. The Balaban J connectivity index is 1.99. The van der Waals surface area contributed by atoms with E-state index in [1.54, 1.807) is 11.9 Å². The molecule has 11 heteroatoms. The normalized spacial score (nSPS) is 30.7.